The molecule has 1 aliphatic rings. The van der Waals surface area contributed by atoms with Crippen molar-refractivity contribution < 1.29 is 0 Å². The van der Waals surface area contributed by atoms with Crippen molar-refractivity contribution in [2.75, 3.05) is 13.1 Å². The first-order chi connectivity index (χ1) is 9.72. The van der Waals surface area contributed by atoms with E-state index in [1.54, 1.807) is 0 Å². The summed E-state index contributed by atoms with van der Waals surface area (Å²) in [5, 5.41) is 0. The van der Waals surface area contributed by atoms with E-state index in [0.717, 1.165) is 24.4 Å². The molecule has 3 nitrogen and oxygen atoms in total. The third kappa shape index (κ3) is 2.45. The molecule has 0 N–H and O–H groups in total. The zero-order chi connectivity index (χ0) is 14.1. The number of imidazole rings is 1. The fraction of sp³-hybridized carbons (Fsp3) is 0.562. The number of halogens is 1. The first-order valence-electron chi connectivity index (χ1n) is 7.48. The van der Waals surface area contributed by atoms with E-state index in [9.17, 15) is 0 Å². The van der Waals surface area contributed by atoms with Crippen molar-refractivity contribution in [3.63, 3.8) is 0 Å². The first-order valence-corrected chi connectivity index (χ1v) is 8.02. The Morgan fingerprint density at radius 2 is 2.25 bits per heavy atom. The topological polar surface area (TPSA) is 21.1 Å². The predicted molar refractivity (Wildman–Crippen MR) is 84.3 cm³/mol. The van der Waals surface area contributed by atoms with Gasteiger partial charge >= 0.3 is 0 Å². The van der Waals surface area contributed by atoms with Crippen molar-refractivity contribution in [2.45, 2.75) is 45.2 Å². The first kappa shape index (κ1) is 13.9. The number of rotatable bonds is 4. The highest BCUT2D eigenvalue weighted by Gasteiger charge is 2.24. The summed E-state index contributed by atoms with van der Waals surface area (Å²) in [5.74, 6) is 1.47. The molecule has 0 saturated carbocycles. The Bertz CT molecular complexity index is 605. The molecule has 2 aromatic rings. The zero-order valence-electron chi connectivity index (χ0n) is 12.3. The maximum Gasteiger partial charge on any atom is 0.124 e. The van der Waals surface area contributed by atoms with Crippen LogP contribution in [0.5, 0.6) is 0 Å². The normalized spacial score (nSPS) is 20.1. The van der Waals surface area contributed by atoms with Gasteiger partial charge in [0.1, 0.15) is 5.82 Å². The Morgan fingerprint density at radius 1 is 1.40 bits per heavy atom. The summed E-state index contributed by atoms with van der Waals surface area (Å²) in [6.45, 7) is 7.74. The minimum absolute atomic E-state index is 0.479. The molecule has 0 spiro atoms. The van der Waals surface area contributed by atoms with Crippen LogP contribution in [0.2, 0.25) is 0 Å². The molecule has 2 heterocycles. The molecular weight excluding hydrogens is 270 g/mol. The van der Waals surface area contributed by atoms with Crippen LogP contribution >= 0.6 is 11.6 Å². The van der Waals surface area contributed by atoms with Crippen molar-refractivity contribution in [1.82, 2.24) is 14.5 Å². The Kier molecular flexibility index (Phi) is 3.99. The molecule has 0 bridgehead atoms. The highest BCUT2D eigenvalue weighted by Crippen LogP contribution is 2.24. The number of aromatic nitrogens is 2. The molecule has 1 saturated heterocycles. The molecular formula is C16H22ClN3. The van der Waals surface area contributed by atoms with Crippen molar-refractivity contribution in [2.24, 2.45) is 0 Å². The third-order valence-electron chi connectivity index (χ3n) is 4.40. The number of alkyl halides is 1. The molecule has 3 rings (SSSR count). The van der Waals surface area contributed by atoms with E-state index in [-0.39, 0.29) is 0 Å². The van der Waals surface area contributed by atoms with Crippen molar-refractivity contribution in [3.8, 4) is 0 Å². The van der Waals surface area contributed by atoms with Crippen LogP contribution in [-0.2, 0) is 12.4 Å². The molecule has 1 aromatic heterocycles. The lowest BCUT2D eigenvalue weighted by Crippen LogP contribution is -2.33. The van der Waals surface area contributed by atoms with E-state index < -0.39 is 0 Å². The maximum absolute atomic E-state index is 6.10. The van der Waals surface area contributed by atoms with E-state index in [4.69, 9.17) is 11.6 Å². The molecule has 1 aromatic carbocycles. The number of likely N-dealkylation sites (N-methyl/N-ethyl adjacent to an activating group) is 1. The minimum atomic E-state index is 0.479. The van der Waals surface area contributed by atoms with Crippen LogP contribution in [0.3, 0.4) is 0 Å². The van der Waals surface area contributed by atoms with Crippen LogP contribution in [0.4, 0.5) is 0 Å². The Balaban J connectivity index is 1.98. The second-order valence-corrected chi connectivity index (χ2v) is 5.96. The Hall–Kier alpha value is -1.06. The summed E-state index contributed by atoms with van der Waals surface area (Å²) in [5.41, 5.74) is 3.56. The van der Waals surface area contributed by atoms with Gasteiger partial charge in [0.2, 0.25) is 0 Å². The summed E-state index contributed by atoms with van der Waals surface area (Å²) < 4.78 is 2.33. The van der Waals surface area contributed by atoms with Crippen LogP contribution < -0.4 is 0 Å². The highest BCUT2D eigenvalue weighted by molar-refractivity contribution is 6.16. The highest BCUT2D eigenvalue weighted by atomic mass is 35.5. The molecule has 0 aliphatic carbocycles. The van der Waals surface area contributed by atoms with Crippen LogP contribution in [0.25, 0.3) is 11.0 Å². The monoisotopic (exact) mass is 291 g/mol. The van der Waals surface area contributed by atoms with E-state index in [2.05, 4.69) is 46.5 Å². The van der Waals surface area contributed by atoms with Gasteiger partial charge in [0.15, 0.2) is 0 Å². The molecule has 0 radical (unpaired) electrons. The number of hydrogen-bond donors (Lipinski definition) is 0. The third-order valence-corrected chi connectivity index (χ3v) is 4.64. The fourth-order valence-electron chi connectivity index (χ4n) is 3.32. The Labute approximate surface area is 125 Å². The quantitative estimate of drug-likeness (QED) is 0.803. The lowest BCUT2D eigenvalue weighted by atomic mass is 10.2. The number of fused-ring (bicyclic) bond motifs is 1. The van der Waals surface area contributed by atoms with Gasteiger partial charge in [-0.25, -0.2) is 4.98 Å². The standard InChI is InChI=1S/C16H22ClN3/c1-3-19-8-4-5-13(19)11-20-15-9-12(2)6-7-14(15)18-16(20)10-17/h6-7,9,13H,3-5,8,10-11H2,1-2H3. The number of hydrogen-bond acceptors (Lipinski definition) is 2. The smallest absolute Gasteiger partial charge is 0.124 e. The van der Waals surface area contributed by atoms with Crippen LogP contribution in [-0.4, -0.2) is 33.6 Å². The van der Waals surface area contributed by atoms with Gasteiger partial charge in [-0.05, 0) is 50.6 Å². The summed E-state index contributed by atoms with van der Waals surface area (Å²) in [6, 6.07) is 7.07. The van der Waals surface area contributed by atoms with Gasteiger partial charge < -0.3 is 4.57 Å². The molecule has 1 unspecified atom stereocenters. The summed E-state index contributed by atoms with van der Waals surface area (Å²) in [4.78, 5) is 7.25. The molecule has 1 fully saturated rings. The number of benzene rings is 1. The number of likely N-dealkylation sites (tertiary alicyclic amines) is 1. The molecule has 4 heteroatoms. The fourth-order valence-corrected chi connectivity index (χ4v) is 3.52. The van der Waals surface area contributed by atoms with Crippen molar-refractivity contribution in [1.29, 1.82) is 0 Å². The molecule has 108 valence electrons. The average Bonchev–Trinajstić information content (AvgIpc) is 3.04. The van der Waals surface area contributed by atoms with Gasteiger partial charge in [-0.1, -0.05) is 13.0 Å². The number of nitrogens with zero attached hydrogens (tertiary/aromatic N) is 3. The second-order valence-electron chi connectivity index (χ2n) is 5.69. The van der Waals surface area contributed by atoms with Gasteiger partial charge in [0.25, 0.3) is 0 Å². The minimum Gasteiger partial charge on any atom is -0.325 e. The molecule has 1 atom stereocenters. The van der Waals surface area contributed by atoms with Crippen LogP contribution in [0, 0.1) is 6.92 Å². The predicted octanol–water partition coefficient (Wildman–Crippen LogP) is 3.57. The van der Waals surface area contributed by atoms with Gasteiger partial charge in [-0.3, -0.25) is 4.90 Å². The van der Waals surface area contributed by atoms with Crippen LogP contribution in [0.15, 0.2) is 18.2 Å². The average molecular weight is 292 g/mol. The lowest BCUT2D eigenvalue weighted by molar-refractivity contribution is 0.245. The molecule has 20 heavy (non-hydrogen) atoms. The van der Waals surface area contributed by atoms with Crippen LogP contribution in [0.1, 0.15) is 31.2 Å². The largest absolute Gasteiger partial charge is 0.325 e. The van der Waals surface area contributed by atoms with Gasteiger partial charge in [0.05, 0.1) is 16.9 Å². The van der Waals surface area contributed by atoms with E-state index in [0.29, 0.717) is 11.9 Å². The van der Waals surface area contributed by atoms with Crippen molar-refractivity contribution in [3.05, 3.63) is 29.6 Å². The number of aryl methyl sites for hydroxylation is 1. The van der Waals surface area contributed by atoms with Crippen molar-refractivity contribution >= 4 is 22.6 Å². The summed E-state index contributed by atoms with van der Waals surface area (Å²) >= 11 is 6.10. The second kappa shape index (κ2) is 5.74. The van der Waals surface area contributed by atoms with E-state index in [1.807, 2.05) is 0 Å². The van der Waals surface area contributed by atoms with Gasteiger partial charge in [-0.15, -0.1) is 11.6 Å². The maximum atomic E-state index is 6.10. The molecule has 0 amide bonds. The van der Waals surface area contributed by atoms with E-state index >= 15 is 0 Å². The zero-order valence-corrected chi connectivity index (χ0v) is 13.0. The summed E-state index contributed by atoms with van der Waals surface area (Å²) in [6.07, 6.45) is 2.58. The Morgan fingerprint density at radius 3 is 3.00 bits per heavy atom. The van der Waals surface area contributed by atoms with Gasteiger partial charge in [-0.2, -0.15) is 0 Å². The molecule has 1 aliphatic heterocycles. The lowest BCUT2D eigenvalue weighted by Gasteiger charge is -2.24. The van der Waals surface area contributed by atoms with Gasteiger partial charge in [0, 0.05) is 12.6 Å². The van der Waals surface area contributed by atoms with E-state index in [1.165, 1.54) is 30.5 Å². The summed E-state index contributed by atoms with van der Waals surface area (Å²) in [7, 11) is 0. The SMILES string of the molecule is CCN1CCCC1Cn1c(CCl)nc2ccc(C)cc21.